The molecule has 0 spiro atoms. The monoisotopic (exact) mass is 343 g/mol. The van der Waals surface area contributed by atoms with Gasteiger partial charge in [-0.2, -0.15) is 0 Å². The number of carbonyl (C=O) groups excluding carboxylic acids is 2. The number of para-hydroxylation sites is 1. The lowest BCUT2D eigenvalue weighted by molar-refractivity contribution is -0.151. The molecule has 3 rings (SSSR count). The molecule has 132 valence electrons. The van der Waals surface area contributed by atoms with Gasteiger partial charge >= 0.3 is 5.97 Å². The number of fused-ring (bicyclic) bond motifs is 1. The summed E-state index contributed by atoms with van der Waals surface area (Å²) >= 11 is 0. The number of nitrogens with zero attached hydrogens (tertiary/aromatic N) is 3. The molecule has 1 aliphatic rings. The zero-order chi connectivity index (χ0) is 17.8. The summed E-state index contributed by atoms with van der Waals surface area (Å²) in [4.78, 5) is 42.8. The molecule has 1 amide bonds. The van der Waals surface area contributed by atoms with Gasteiger partial charge in [0.1, 0.15) is 6.54 Å². The van der Waals surface area contributed by atoms with Crippen LogP contribution in [0.15, 0.2) is 35.4 Å². The molecular formula is C18H21N3O4. The number of aromatic nitrogens is 2. The van der Waals surface area contributed by atoms with Crippen molar-refractivity contribution in [3.63, 3.8) is 0 Å². The van der Waals surface area contributed by atoms with Gasteiger partial charge in [0.25, 0.3) is 5.56 Å². The van der Waals surface area contributed by atoms with Crippen molar-refractivity contribution in [2.75, 3.05) is 19.7 Å². The second kappa shape index (κ2) is 7.46. The van der Waals surface area contributed by atoms with Crippen molar-refractivity contribution in [3.8, 4) is 0 Å². The lowest BCUT2D eigenvalue weighted by atomic mass is 9.98. The van der Waals surface area contributed by atoms with Gasteiger partial charge in [-0.05, 0) is 31.9 Å². The third-order valence-corrected chi connectivity index (χ3v) is 4.43. The molecule has 0 unspecified atom stereocenters. The van der Waals surface area contributed by atoms with Crippen molar-refractivity contribution in [1.82, 2.24) is 14.5 Å². The van der Waals surface area contributed by atoms with Crippen LogP contribution in [0.25, 0.3) is 10.9 Å². The van der Waals surface area contributed by atoms with E-state index >= 15 is 0 Å². The number of benzene rings is 1. The maximum absolute atomic E-state index is 12.6. The Kier molecular flexibility index (Phi) is 5.11. The summed E-state index contributed by atoms with van der Waals surface area (Å²) in [7, 11) is 0. The number of hydrogen-bond donors (Lipinski definition) is 0. The lowest BCUT2D eigenvalue weighted by Gasteiger charge is -2.31. The summed E-state index contributed by atoms with van der Waals surface area (Å²) < 4.78 is 6.37. The Bertz CT molecular complexity index is 846. The minimum Gasteiger partial charge on any atom is -0.466 e. The van der Waals surface area contributed by atoms with Crippen LogP contribution in [0.2, 0.25) is 0 Å². The Hall–Kier alpha value is -2.70. The second-order valence-electron chi connectivity index (χ2n) is 6.13. The number of likely N-dealkylation sites (tertiary alicyclic amines) is 1. The van der Waals surface area contributed by atoms with E-state index in [0.29, 0.717) is 30.6 Å². The van der Waals surface area contributed by atoms with Crippen LogP contribution in [0.4, 0.5) is 0 Å². The highest BCUT2D eigenvalue weighted by molar-refractivity contribution is 5.80. The summed E-state index contributed by atoms with van der Waals surface area (Å²) in [6.45, 7) is 2.95. The third kappa shape index (κ3) is 3.70. The number of carbonyl (C=O) groups is 2. The van der Waals surface area contributed by atoms with E-state index in [1.54, 1.807) is 30.0 Å². The Morgan fingerprint density at radius 2 is 2.12 bits per heavy atom. The summed E-state index contributed by atoms with van der Waals surface area (Å²) in [5.41, 5.74) is 0.370. The first-order valence-electron chi connectivity index (χ1n) is 8.48. The van der Waals surface area contributed by atoms with Crippen LogP contribution in [-0.4, -0.2) is 46.0 Å². The third-order valence-electron chi connectivity index (χ3n) is 4.43. The summed E-state index contributed by atoms with van der Waals surface area (Å²) in [5.74, 6) is -0.734. The van der Waals surface area contributed by atoms with E-state index in [-0.39, 0.29) is 29.9 Å². The van der Waals surface area contributed by atoms with E-state index in [1.165, 1.54) is 10.9 Å². The molecule has 1 saturated heterocycles. The molecule has 2 heterocycles. The minimum absolute atomic E-state index is 0.0772. The molecule has 25 heavy (non-hydrogen) atoms. The van der Waals surface area contributed by atoms with Gasteiger partial charge in [-0.3, -0.25) is 19.0 Å². The first-order chi connectivity index (χ1) is 12.1. The molecule has 0 N–H and O–H groups in total. The maximum Gasteiger partial charge on any atom is 0.310 e. The van der Waals surface area contributed by atoms with Gasteiger partial charge in [0.05, 0.1) is 29.8 Å². The highest BCUT2D eigenvalue weighted by atomic mass is 16.5. The summed E-state index contributed by atoms with van der Waals surface area (Å²) in [5, 5.41) is 0.487. The fourth-order valence-corrected chi connectivity index (χ4v) is 3.12. The number of hydrogen-bond acceptors (Lipinski definition) is 5. The van der Waals surface area contributed by atoms with Crippen LogP contribution >= 0.6 is 0 Å². The van der Waals surface area contributed by atoms with E-state index in [2.05, 4.69) is 4.98 Å². The van der Waals surface area contributed by atoms with Gasteiger partial charge in [0.15, 0.2) is 0 Å². The van der Waals surface area contributed by atoms with Gasteiger partial charge in [-0.25, -0.2) is 4.98 Å². The molecule has 1 aromatic carbocycles. The quantitative estimate of drug-likeness (QED) is 0.779. The first-order valence-corrected chi connectivity index (χ1v) is 8.48. The fourth-order valence-electron chi connectivity index (χ4n) is 3.12. The molecule has 1 fully saturated rings. The van der Waals surface area contributed by atoms with Crippen LogP contribution in [0, 0.1) is 5.92 Å². The maximum atomic E-state index is 12.6. The zero-order valence-corrected chi connectivity index (χ0v) is 14.2. The van der Waals surface area contributed by atoms with Gasteiger partial charge in [0, 0.05) is 13.1 Å². The highest BCUT2D eigenvalue weighted by Gasteiger charge is 2.29. The largest absolute Gasteiger partial charge is 0.466 e. The predicted octanol–water partition coefficient (Wildman–Crippen LogP) is 1.20. The SMILES string of the molecule is CCOC(=O)[C@@H]1CCCN(C(=O)Cn2cnc3ccccc3c2=O)C1. The van der Waals surface area contributed by atoms with Gasteiger partial charge in [-0.15, -0.1) is 0 Å². The second-order valence-corrected chi connectivity index (χ2v) is 6.13. The number of rotatable bonds is 4. The number of ether oxygens (including phenoxy) is 1. The topological polar surface area (TPSA) is 81.5 Å². The number of piperidine rings is 1. The fraction of sp³-hybridized carbons (Fsp3) is 0.444. The Morgan fingerprint density at radius 3 is 2.92 bits per heavy atom. The van der Waals surface area contributed by atoms with Crippen molar-refractivity contribution < 1.29 is 14.3 Å². The molecule has 2 aromatic rings. The van der Waals surface area contributed by atoms with Crippen molar-refractivity contribution in [2.24, 2.45) is 5.92 Å². The molecule has 7 nitrogen and oxygen atoms in total. The van der Waals surface area contributed by atoms with Crippen LogP contribution in [0.3, 0.4) is 0 Å². The molecule has 7 heteroatoms. The molecule has 0 bridgehead atoms. The van der Waals surface area contributed by atoms with Gasteiger partial charge in [-0.1, -0.05) is 12.1 Å². The smallest absolute Gasteiger partial charge is 0.310 e. The van der Waals surface area contributed by atoms with Crippen molar-refractivity contribution in [1.29, 1.82) is 0 Å². The number of amides is 1. The van der Waals surface area contributed by atoms with Gasteiger partial charge < -0.3 is 9.64 Å². The molecule has 0 radical (unpaired) electrons. The minimum atomic E-state index is -0.288. The van der Waals surface area contributed by atoms with Crippen molar-refractivity contribution in [2.45, 2.75) is 26.3 Å². The van der Waals surface area contributed by atoms with Crippen LogP contribution in [-0.2, 0) is 20.9 Å². The highest BCUT2D eigenvalue weighted by Crippen LogP contribution is 2.18. The standard InChI is InChI=1S/C18H21N3O4/c1-2-25-18(24)13-6-5-9-20(10-13)16(22)11-21-12-19-15-8-4-3-7-14(15)17(21)23/h3-4,7-8,12-13H,2,5-6,9-11H2,1H3/t13-/m1/s1. The van der Waals surface area contributed by atoms with E-state index in [0.717, 1.165) is 12.8 Å². The van der Waals surface area contributed by atoms with Crippen LogP contribution < -0.4 is 5.56 Å². The molecule has 1 atom stereocenters. The Balaban J connectivity index is 1.73. The first kappa shape index (κ1) is 17.1. The van der Waals surface area contributed by atoms with E-state index in [9.17, 15) is 14.4 Å². The van der Waals surface area contributed by atoms with Crippen LogP contribution in [0.5, 0.6) is 0 Å². The van der Waals surface area contributed by atoms with Crippen molar-refractivity contribution in [3.05, 3.63) is 40.9 Å². The molecule has 1 aromatic heterocycles. The number of esters is 1. The average molecular weight is 343 g/mol. The Labute approximate surface area is 145 Å². The summed E-state index contributed by atoms with van der Waals surface area (Å²) in [6.07, 6.45) is 2.87. The van der Waals surface area contributed by atoms with E-state index in [1.807, 2.05) is 6.07 Å². The summed E-state index contributed by atoms with van der Waals surface area (Å²) in [6, 6.07) is 7.04. The lowest BCUT2D eigenvalue weighted by Crippen LogP contribution is -2.45. The molecular weight excluding hydrogens is 322 g/mol. The molecule has 0 aliphatic carbocycles. The average Bonchev–Trinajstić information content (AvgIpc) is 2.64. The van der Waals surface area contributed by atoms with E-state index < -0.39 is 0 Å². The normalized spacial score (nSPS) is 17.5. The molecule has 1 aliphatic heterocycles. The van der Waals surface area contributed by atoms with Gasteiger partial charge in [0.2, 0.25) is 5.91 Å². The zero-order valence-electron chi connectivity index (χ0n) is 14.2. The Morgan fingerprint density at radius 1 is 1.32 bits per heavy atom. The van der Waals surface area contributed by atoms with Crippen LogP contribution in [0.1, 0.15) is 19.8 Å². The predicted molar refractivity (Wildman–Crippen MR) is 91.9 cm³/mol. The van der Waals surface area contributed by atoms with Crippen molar-refractivity contribution >= 4 is 22.8 Å². The molecule has 0 saturated carbocycles. The van der Waals surface area contributed by atoms with E-state index in [4.69, 9.17) is 4.74 Å².